The fraction of sp³-hybridized carbons (Fsp3) is 0.100. The molecule has 0 spiro atoms. The van der Waals surface area contributed by atoms with Crippen LogP contribution >= 0.6 is 11.8 Å². The Morgan fingerprint density at radius 3 is 2.37 bits per heavy atom. The van der Waals surface area contributed by atoms with Gasteiger partial charge in [0.15, 0.2) is 16.7 Å². The zero-order valence-corrected chi connectivity index (χ0v) is 15.2. The summed E-state index contributed by atoms with van der Waals surface area (Å²) in [6, 6.07) is 11.6. The highest BCUT2D eigenvalue weighted by Gasteiger charge is 2.29. The first-order chi connectivity index (χ1) is 13.0. The average Bonchev–Trinajstić information content (AvgIpc) is 3.09. The predicted octanol–water partition coefficient (Wildman–Crippen LogP) is 2.93. The highest BCUT2D eigenvalue weighted by molar-refractivity contribution is 7.99. The molecule has 1 aliphatic rings. The third-order valence-electron chi connectivity index (χ3n) is 4.32. The van der Waals surface area contributed by atoms with E-state index in [4.69, 9.17) is 0 Å². The number of ketones is 2. The van der Waals surface area contributed by atoms with Crippen LogP contribution in [-0.4, -0.2) is 32.8 Å². The zero-order chi connectivity index (χ0) is 19.0. The second kappa shape index (κ2) is 6.85. The Morgan fingerprint density at radius 1 is 1.04 bits per heavy atom. The molecule has 1 N–H and O–H groups in total. The van der Waals surface area contributed by atoms with E-state index in [-0.39, 0.29) is 23.2 Å². The molecule has 1 amide bonds. The largest absolute Gasteiger partial charge is 0.329 e. The van der Waals surface area contributed by atoms with E-state index in [0.717, 1.165) is 5.16 Å². The molecular weight excluding hydrogens is 362 g/mol. The molecular formula is C20H15N3O3S. The fourth-order valence-electron chi connectivity index (χ4n) is 3.00. The Balaban J connectivity index is 1.53. The smallest absolute Gasteiger partial charge is 0.234 e. The van der Waals surface area contributed by atoms with Gasteiger partial charge in [-0.1, -0.05) is 36.0 Å². The number of hydrogen-bond acceptors (Lipinski definition) is 5. The summed E-state index contributed by atoms with van der Waals surface area (Å²) >= 11 is 1.32. The van der Waals surface area contributed by atoms with Gasteiger partial charge in [-0.25, -0.2) is 4.98 Å². The number of hydrogen-bond donors (Lipinski definition) is 1. The lowest BCUT2D eigenvalue weighted by atomic mass is 9.84. The summed E-state index contributed by atoms with van der Waals surface area (Å²) in [4.78, 5) is 41.7. The summed E-state index contributed by atoms with van der Waals surface area (Å²) in [6.45, 7) is 0. The maximum atomic E-state index is 12.7. The predicted molar refractivity (Wildman–Crippen MR) is 102 cm³/mol. The highest BCUT2D eigenvalue weighted by atomic mass is 32.2. The van der Waals surface area contributed by atoms with E-state index in [1.54, 1.807) is 48.7 Å². The second-order valence-electron chi connectivity index (χ2n) is 6.12. The number of nitrogens with one attached hydrogen (secondary N) is 1. The number of benzene rings is 2. The van der Waals surface area contributed by atoms with Crippen molar-refractivity contribution < 1.29 is 14.4 Å². The molecule has 0 bridgehead atoms. The van der Waals surface area contributed by atoms with Gasteiger partial charge < -0.3 is 9.88 Å². The third kappa shape index (κ3) is 3.17. The van der Waals surface area contributed by atoms with Gasteiger partial charge in [-0.3, -0.25) is 14.4 Å². The number of aryl methyl sites for hydroxylation is 1. The first-order valence-corrected chi connectivity index (χ1v) is 9.25. The molecule has 27 heavy (non-hydrogen) atoms. The molecule has 2 aromatic carbocycles. The summed E-state index contributed by atoms with van der Waals surface area (Å²) < 4.78 is 1.83. The number of rotatable bonds is 4. The zero-order valence-electron chi connectivity index (χ0n) is 14.4. The molecule has 0 fully saturated rings. The summed E-state index contributed by atoms with van der Waals surface area (Å²) in [5.74, 6) is -0.405. The van der Waals surface area contributed by atoms with Gasteiger partial charge in [0.2, 0.25) is 5.91 Å². The van der Waals surface area contributed by atoms with Gasteiger partial charge in [-0.2, -0.15) is 0 Å². The van der Waals surface area contributed by atoms with Gasteiger partial charge in [0.25, 0.3) is 0 Å². The van der Waals surface area contributed by atoms with Gasteiger partial charge in [0, 0.05) is 47.4 Å². The van der Waals surface area contributed by atoms with E-state index >= 15 is 0 Å². The number of carbonyl (C=O) groups is 3. The van der Waals surface area contributed by atoms with Crippen molar-refractivity contribution in [3.63, 3.8) is 0 Å². The number of amides is 1. The van der Waals surface area contributed by atoms with Crippen LogP contribution in [-0.2, 0) is 11.8 Å². The van der Waals surface area contributed by atoms with E-state index in [1.807, 2.05) is 17.8 Å². The minimum absolute atomic E-state index is 0.177. The average molecular weight is 377 g/mol. The van der Waals surface area contributed by atoms with Crippen molar-refractivity contribution in [2.45, 2.75) is 5.16 Å². The van der Waals surface area contributed by atoms with Crippen LogP contribution in [0.2, 0.25) is 0 Å². The van der Waals surface area contributed by atoms with Crippen LogP contribution < -0.4 is 5.32 Å². The lowest BCUT2D eigenvalue weighted by molar-refractivity contribution is -0.113. The number of anilines is 1. The molecule has 0 atom stereocenters. The normalized spacial score (nSPS) is 12.5. The van der Waals surface area contributed by atoms with E-state index in [2.05, 4.69) is 10.3 Å². The molecule has 0 saturated heterocycles. The summed E-state index contributed by atoms with van der Waals surface area (Å²) in [7, 11) is 1.86. The van der Waals surface area contributed by atoms with Crippen molar-refractivity contribution in [2.24, 2.45) is 7.05 Å². The third-order valence-corrected chi connectivity index (χ3v) is 5.38. The highest BCUT2D eigenvalue weighted by Crippen LogP contribution is 2.29. The molecule has 0 unspecified atom stereocenters. The van der Waals surface area contributed by atoms with Crippen LogP contribution in [0.4, 0.5) is 5.69 Å². The Kier molecular flexibility index (Phi) is 4.37. The molecule has 0 saturated carbocycles. The molecule has 1 aliphatic carbocycles. The van der Waals surface area contributed by atoms with Gasteiger partial charge in [-0.15, -0.1) is 0 Å². The number of aromatic nitrogens is 2. The summed E-state index contributed by atoms with van der Waals surface area (Å²) in [6.07, 6.45) is 3.48. The molecule has 1 heterocycles. The number of carbonyl (C=O) groups excluding carboxylic acids is 3. The molecule has 134 valence electrons. The van der Waals surface area contributed by atoms with Crippen LogP contribution in [0.5, 0.6) is 0 Å². The van der Waals surface area contributed by atoms with Crippen molar-refractivity contribution in [1.29, 1.82) is 0 Å². The molecule has 3 aromatic rings. The van der Waals surface area contributed by atoms with Crippen molar-refractivity contribution in [3.05, 3.63) is 77.1 Å². The van der Waals surface area contributed by atoms with Crippen LogP contribution in [0.1, 0.15) is 31.8 Å². The maximum absolute atomic E-state index is 12.7. The van der Waals surface area contributed by atoms with E-state index in [0.29, 0.717) is 27.9 Å². The monoisotopic (exact) mass is 377 g/mol. The van der Waals surface area contributed by atoms with E-state index in [1.165, 1.54) is 11.8 Å². The Bertz CT molecular complexity index is 1090. The van der Waals surface area contributed by atoms with Gasteiger partial charge in [0.1, 0.15) is 0 Å². The lowest BCUT2D eigenvalue weighted by Crippen LogP contribution is -2.21. The second-order valence-corrected chi connectivity index (χ2v) is 7.06. The minimum atomic E-state index is -0.210. The Labute approximate surface area is 159 Å². The lowest BCUT2D eigenvalue weighted by Gasteiger charge is -2.18. The summed E-state index contributed by atoms with van der Waals surface area (Å²) in [5, 5.41) is 3.52. The Morgan fingerprint density at radius 2 is 1.70 bits per heavy atom. The molecule has 0 radical (unpaired) electrons. The van der Waals surface area contributed by atoms with Crippen LogP contribution in [0, 0.1) is 0 Å². The Hall–Kier alpha value is -3.19. The summed E-state index contributed by atoms with van der Waals surface area (Å²) in [5.41, 5.74) is 1.97. The first kappa shape index (κ1) is 17.2. The molecule has 6 nitrogen and oxygen atoms in total. The van der Waals surface area contributed by atoms with Crippen molar-refractivity contribution in [2.75, 3.05) is 11.1 Å². The fourth-order valence-corrected chi connectivity index (χ4v) is 3.73. The number of thioether (sulfide) groups is 1. The SMILES string of the molecule is Cn1ccnc1SCC(=O)Nc1ccc2c(c1)C(=O)c1ccccc1C2=O. The van der Waals surface area contributed by atoms with Gasteiger partial charge in [-0.05, 0) is 18.2 Å². The van der Waals surface area contributed by atoms with Gasteiger partial charge >= 0.3 is 0 Å². The van der Waals surface area contributed by atoms with Crippen LogP contribution in [0.3, 0.4) is 0 Å². The topological polar surface area (TPSA) is 81.1 Å². The van der Waals surface area contributed by atoms with Crippen LogP contribution in [0.25, 0.3) is 0 Å². The van der Waals surface area contributed by atoms with Crippen molar-refractivity contribution in [1.82, 2.24) is 9.55 Å². The number of nitrogens with zero attached hydrogens (tertiary/aromatic N) is 2. The number of imidazole rings is 1. The van der Waals surface area contributed by atoms with Crippen LogP contribution in [0.15, 0.2) is 60.0 Å². The van der Waals surface area contributed by atoms with E-state index < -0.39 is 0 Å². The van der Waals surface area contributed by atoms with Crippen molar-refractivity contribution >= 4 is 34.9 Å². The molecule has 7 heteroatoms. The molecule has 0 aliphatic heterocycles. The molecule has 1 aromatic heterocycles. The molecule has 4 rings (SSSR count). The van der Waals surface area contributed by atoms with Gasteiger partial charge in [0.05, 0.1) is 5.75 Å². The number of fused-ring (bicyclic) bond motifs is 2. The quantitative estimate of drug-likeness (QED) is 0.553. The maximum Gasteiger partial charge on any atom is 0.234 e. The van der Waals surface area contributed by atoms with E-state index in [9.17, 15) is 14.4 Å². The van der Waals surface area contributed by atoms with Crippen molar-refractivity contribution in [3.8, 4) is 0 Å². The first-order valence-electron chi connectivity index (χ1n) is 8.27. The standard InChI is InChI=1S/C20H15N3O3S/c1-23-9-8-21-20(23)27-11-17(24)22-12-6-7-15-16(10-12)19(26)14-5-3-2-4-13(14)18(15)25/h2-10H,11H2,1H3,(H,22,24). The minimum Gasteiger partial charge on any atom is -0.329 e.